The van der Waals surface area contributed by atoms with Crippen molar-refractivity contribution in [3.05, 3.63) is 35.4 Å². The number of amides is 1. The summed E-state index contributed by atoms with van der Waals surface area (Å²) in [4.78, 5) is 14.1. The zero-order chi connectivity index (χ0) is 15.8. The van der Waals surface area contributed by atoms with Gasteiger partial charge in [-0.3, -0.25) is 4.79 Å². The van der Waals surface area contributed by atoms with Crippen LogP contribution in [0.4, 0.5) is 0 Å². The second-order valence-corrected chi connectivity index (χ2v) is 5.13. The van der Waals surface area contributed by atoms with Crippen molar-refractivity contribution in [3.63, 3.8) is 0 Å². The Labute approximate surface area is 131 Å². The number of carbonyl (C=O) groups excluding carboxylic acids is 1. The average molecular weight is 299 g/mol. The van der Waals surface area contributed by atoms with Gasteiger partial charge in [0.05, 0.1) is 6.61 Å². The summed E-state index contributed by atoms with van der Waals surface area (Å²) >= 11 is 0. The summed E-state index contributed by atoms with van der Waals surface area (Å²) in [7, 11) is 0. The Morgan fingerprint density at radius 2 is 2.23 bits per heavy atom. The van der Waals surface area contributed by atoms with Crippen LogP contribution in [0.2, 0.25) is 0 Å². The van der Waals surface area contributed by atoms with Gasteiger partial charge in [0.1, 0.15) is 17.4 Å². The summed E-state index contributed by atoms with van der Waals surface area (Å²) in [6.45, 7) is 5.51. The van der Waals surface area contributed by atoms with Gasteiger partial charge in [0.2, 0.25) is 0 Å². The van der Waals surface area contributed by atoms with Crippen LogP contribution in [0.15, 0.2) is 29.8 Å². The predicted octanol–water partition coefficient (Wildman–Crippen LogP) is 1.81. The monoisotopic (exact) mass is 299 g/mol. The molecule has 1 heterocycles. The molecule has 1 fully saturated rings. The molecule has 2 rings (SSSR count). The lowest BCUT2D eigenvalue weighted by Gasteiger charge is -2.27. The van der Waals surface area contributed by atoms with Crippen molar-refractivity contribution < 1.29 is 9.53 Å². The Hall–Kier alpha value is -2.32. The molecule has 5 heteroatoms. The van der Waals surface area contributed by atoms with Gasteiger partial charge in [-0.1, -0.05) is 19.1 Å². The van der Waals surface area contributed by atoms with E-state index < -0.39 is 0 Å². The molecule has 5 nitrogen and oxygen atoms in total. The van der Waals surface area contributed by atoms with Crippen molar-refractivity contribution in [1.29, 1.82) is 5.26 Å². The number of nitriles is 1. The van der Waals surface area contributed by atoms with E-state index in [0.29, 0.717) is 19.7 Å². The number of nitrogens with one attached hydrogen (secondary N) is 1. The second kappa shape index (κ2) is 8.20. The Balaban J connectivity index is 2.14. The van der Waals surface area contributed by atoms with E-state index in [9.17, 15) is 10.1 Å². The predicted molar refractivity (Wildman–Crippen MR) is 85.3 cm³/mol. The van der Waals surface area contributed by atoms with Gasteiger partial charge in [0.15, 0.2) is 0 Å². The maximum absolute atomic E-state index is 12.4. The molecule has 1 saturated heterocycles. The first kappa shape index (κ1) is 16.1. The molecule has 1 aromatic rings. The Bertz CT molecular complexity index is 584. The lowest BCUT2D eigenvalue weighted by molar-refractivity contribution is -0.127. The van der Waals surface area contributed by atoms with Crippen LogP contribution in [0, 0.1) is 11.3 Å². The zero-order valence-electron chi connectivity index (χ0n) is 12.8. The first-order valence-corrected chi connectivity index (χ1v) is 7.59. The third kappa shape index (κ3) is 4.34. The van der Waals surface area contributed by atoms with Gasteiger partial charge >= 0.3 is 0 Å². The van der Waals surface area contributed by atoms with Crippen LogP contribution < -0.4 is 10.1 Å². The number of hydrogen-bond donors (Lipinski definition) is 1. The Morgan fingerprint density at radius 1 is 1.45 bits per heavy atom. The minimum absolute atomic E-state index is 0.162. The van der Waals surface area contributed by atoms with E-state index in [4.69, 9.17) is 4.74 Å². The number of hydrogen-bond acceptors (Lipinski definition) is 4. The summed E-state index contributed by atoms with van der Waals surface area (Å²) in [5.41, 5.74) is 0.961. The van der Waals surface area contributed by atoms with Crippen molar-refractivity contribution >= 4 is 12.0 Å². The molecule has 0 radical (unpaired) electrons. The van der Waals surface area contributed by atoms with Crippen molar-refractivity contribution in [2.24, 2.45) is 0 Å². The molecule has 1 aliphatic heterocycles. The quantitative estimate of drug-likeness (QED) is 0.665. The SMILES string of the molecule is CCCOc1cccc(/C=C(\C#N)C(=O)N2CCNCC2)c1. The number of benzene rings is 1. The first-order chi connectivity index (χ1) is 10.7. The molecule has 0 saturated carbocycles. The number of nitrogens with zero attached hydrogens (tertiary/aromatic N) is 2. The molecule has 1 aromatic carbocycles. The molecule has 116 valence electrons. The van der Waals surface area contributed by atoms with Crippen molar-refractivity contribution in [3.8, 4) is 11.8 Å². The minimum atomic E-state index is -0.205. The van der Waals surface area contributed by atoms with Crippen molar-refractivity contribution in [2.45, 2.75) is 13.3 Å². The van der Waals surface area contributed by atoms with Gasteiger partial charge in [-0.15, -0.1) is 0 Å². The van der Waals surface area contributed by atoms with Crippen LogP contribution in [-0.4, -0.2) is 43.6 Å². The third-order valence-corrected chi connectivity index (χ3v) is 3.40. The molecule has 0 unspecified atom stereocenters. The summed E-state index contributed by atoms with van der Waals surface area (Å²) in [5.74, 6) is 0.548. The van der Waals surface area contributed by atoms with Gasteiger partial charge < -0.3 is 15.0 Å². The highest BCUT2D eigenvalue weighted by atomic mass is 16.5. The smallest absolute Gasteiger partial charge is 0.264 e. The van der Waals surface area contributed by atoms with E-state index >= 15 is 0 Å². The van der Waals surface area contributed by atoms with Gasteiger partial charge in [0.25, 0.3) is 5.91 Å². The molecule has 0 atom stereocenters. The van der Waals surface area contributed by atoms with E-state index in [1.165, 1.54) is 0 Å². The van der Waals surface area contributed by atoms with E-state index in [1.54, 1.807) is 11.0 Å². The molecular weight excluding hydrogens is 278 g/mol. The van der Waals surface area contributed by atoms with Crippen molar-refractivity contribution in [2.75, 3.05) is 32.8 Å². The molecule has 1 aliphatic rings. The third-order valence-electron chi connectivity index (χ3n) is 3.40. The summed E-state index contributed by atoms with van der Waals surface area (Å²) < 4.78 is 5.57. The lowest BCUT2D eigenvalue weighted by atomic mass is 10.1. The average Bonchev–Trinajstić information content (AvgIpc) is 2.58. The second-order valence-electron chi connectivity index (χ2n) is 5.13. The van der Waals surface area contributed by atoms with Gasteiger partial charge in [0, 0.05) is 26.2 Å². The van der Waals surface area contributed by atoms with Gasteiger partial charge in [-0.2, -0.15) is 5.26 Å². The molecule has 1 N–H and O–H groups in total. The molecule has 0 aliphatic carbocycles. The number of rotatable bonds is 5. The standard InChI is InChI=1S/C17H21N3O2/c1-2-10-22-16-5-3-4-14(12-16)11-15(13-18)17(21)20-8-6-19-7-9-20/h3-5,11-12,19H,2,6-10H2,1H3/b15-11+. The highest BCUT2D eigenvalue weighted by molar-refractivity contribution is 6.01. The Kier molecular flexibility index (Phi) is 5.99. The number of piperazine rings is 1. The fourth-order valence-corrected chi connectivity index (χ4v) is 2.26. The normalized spacial score (nSPS) is 15.3. The van der Waals surface area contributed by atoms with Gasteiger partial charge in [-0.25, -0.2) is 0 Å². The number of ether oxygens (including phenoxy) is 1. The van der Waals surface area contributed by atoms with Crippen LogP contribution in [0.25, 0.3) is 6.08 Å². The molecule has 0 aromatic heterocycles. The van der Waals surface area contributed by atoms with Crippen molar-refractivity contribution in [1.82, 2.24) is 10.2 Å². The maximum atomic E-state index is 12.4. The largest absolute Gasteiger partial charge is 0.494 e. The highest BCUT2D eigenvalue weighted by Gasteiger charge is 2.19. The minimum Gasteiger partial charge on any atom is -0.494 e. The summed E-state index contributed by atoms with van der Waals surface area (Å²) in [6, 6.07) is 9.46. The highest BCUT2D eigenvalue weighted by Crippen LogP contribution is 2.17. The van der Waals surface area contributed by atoms with Crippen LogP contribution in [-0.2, 0) is 4.79 Å². The summed E-state index contributed by atoms with van der Waals surface area (Å²) in [6.07, 6.45) is 2.56. The van der Waals surface area contributed by atoms with E-state index in [2.05, 4.69) is 5.32 Å². The molecule has 22 heavy (non-hydrogen) atoms. The van der Waals surface area contributed by atoms with Gasteiger partial charge in [-0.05, 0) is 30.2 Å². The zero-order valence-corrected chi connectivity index (χ0v) is 12.8. The van der Waals surface area contributed by atoms with E-state index in [1.807, 2.05) is 37.3 Å². The fourth-order valence-electron chi connectivity index (χ4n) is 2.26. The van der Waals surface area contributed by atoms with Crippen LogP contribution in [0.1, 0.15) is 18.9 Å². The Morgan fingerprint density at radius 3 is 2.91 bits per heavy atom. The molecule has 1 amide bonds. The van der Waals surface area contributed by atoms with E-state index in [0.717, 1.165) is 30.8 Å². The topological polar surface area (TPSA) is 65.4 Å². The fraction of sp³-hybridized carbons (Fsp3) is 0.412. The summed E-state index contributed by atoms with van der Waals surface area (Å²) in [5, 5.41) is 12.5. The maximum Gasteiger partial charge on any atom is 0.264 e. The van der Waals surface area contributed by atoms with Crippen LogP contribution in [0.3, 0.4) is 0 Å². The van der Waals surface area contributed by atoms with Crippen LogP contribution in [0.5, 0.6) is 5.75 Å². The first-order valence-electron chi connectivity index (χ1n) is 7.59. The van der Waals surface area contributed by atoms with Crippen LogP contribution >= 0.6 is 0 Å². The molecule has 0 spiro atoms. The number of carbonyl (C=O) groups is 1. The molecule has 0 bridgehead atoms. The van der Waals surface area contributed by atoms with E-state index in [-0.39, 0.29) is 11.5 Å². The molecular formula is C17H21N3O2. The lowest BCUT2D eigenvalue weighted by Crippen LogP contribution is -2.46.